The molecule has 4 rings (SSSR count). The summed E-state index contributed by atoms with van der Waals surface area (Å²) in [6.07, 6.45) is 0. The Morgan fingerprint density at radius 1 is 1.17 bits per heavy atom. The summed E-state index contributed by atoms with van der Waals surface area (Å²) in [5.74, 6) is -0.240. The van der Waals surface area contributed by atoms with Gasteiger partial charge >= 0.3 is 6.03 Å². The minimum Gasteiger partial charge on any atom is -0.316 e. The van der Waals surface area contributed by atoms with Crippen LogP contribution < -0.4 is 10.2 Å². The molecular formula is C20H16BrCl2FN4O. The molecule has 9 heteroatoms. The SMILES string of the molecule is CC(C)n1c(Br)nc2c1C(c1ccc(Cl)cc1)N(c1cccc(Cl)c1F)C(=O)N2. The van der Waals surface area contributed by atoms with Gasteiger partial charge in [-0.05, 0) is 59.6 Å². The lowest BCUT2D eigenvalue weighted by molar-refractivity contribution is 0.254. The lowest BCUT2D eigenvalue weighted by Crippen LogP contribution is -2.44. The maximum Gasteiger partial charge on any atom is 0.328 e. The number of aromatic nitrogens is 2. The van der Waals surface area contributed by atoms with Crippen molar-refractivity contribution in [2.45, 2.75) is 25.9 Å². The fourth-order valence-electron chi connectivity index (χ4n) is 3.54. The molecule has 0 bridgehead atoms. The fourth-order valence-corrected chi connectivity index (χ4v) is 4.61. The molecule has 0 aliphatic carbocycles. The van der Waals surface area contributed by atoms with E-state index >= 15 is 0 Å². The Morgan fingerprint density at radius 2 is 1.86 bits per heavy atom. The van der Waals surface area contributed by atoms with Crippen LogP contribution in [0.25, 0.3) is 0 Å². The molecule has 2 heterocycles. The van der Waals surface area contributed by atoms with E-state index < -0.39 is 17.9 Å². The summed E-state index contributed by atoms with van der Waals surface area (Å²) >= 11 is 15.6. The molecule has 1 aliphatic rings. The zero-order valence-corrected chi connectivity index (χ0v) is 18.6. The van der Waals surface area contributed by atoms with E-state index in [0.29, 0.717) is 15.6 Å². The third-order valence-electron chi connectivity index (χ3n) is 4.76. The van der Waals surface area contributed by atoms with Gasteiger partial charge in [-0.25, -0.2) is 14.2 Å². The largest absolute Gasteiger partial charge is 0.328 e. The number of urea groups is 1. The highest BCUT2D eigenvalue weighted by atomic mass is 79.9. The van der Waals surface area contributed by atoms with Crippen molar-refractivity contribution in [2.24, 2.45) is 0 Å². The van der Waals surface area contributed by atoms with Crippen LogP contribution in [-0.4, -0.2) is 15.6 Å². The van der Waals surface area contributed by atoms with Gasteiger partial charge in [0, 0.05) is 11.1 Å². The molecule has 5 nitrogen and oxygen atoms in total. The van der Waals surface area contributed by atoms with E-state index in [1.807, 2.05) is 30.5 Å². The van der Waals surface area contributed by atoms with Crippen LogP contribution in [-0.2, 0) is 0 Å². The first-order chi connectivity index (χ1) is 13.8. The number of rotatable bonds is 3. The van der Waals surface area contributed by atoms with Crippen LogP contribution in [0.15, 0.2) is 47.2 Å². The van der Waals surface area contributed by atoms with Crippen LogP contribution in [0.1, 0.15) is 37.2 Å². The molecule has 1 unspecified atom stereocenters. The molecule has 150 valence electrons. The van der Waals surface area contributed by atoms with Crippen molar-refractivity contribution in [1.29, 1.82) is 0 Å². The van der Waals surface area contributed by atoms with Crippen molar-refractivity contribution < 1.29 is 9.18 Å². The van der Waals surface area contributed by atoms with Gasteiger partial charge in [0.15, 0.2) is 16.4 Å². The molecule has 0 saturated heterocycles. The maximum absolute atomic E-state index is 14.9. The highest BCUT2D eigenvalue weighted by Crippen LogP contribution is 2.44. The first kappa shape index (κ1) is 20.2. The van der Waals surface area contributed by atoms with Gasteiger partial charge in [-0.2, -0.15) is 0 Å². The predicted octanol–water partition coefficient (Wildman–Crippen LogP) is 6.81. The maximum atomic E-state index is 14.9. The number of benzene rings is 2. The minimum absolute atomic E-state index is 0.0384. The number of hydrogen-bond acceptors (Lipinski definition) is 2. The lowest BCUT2D eigenvalue weighted by Gasteiger charge is -2.37. The number of hydrogen-bond donors (Lipinski definition) is 1. The number of amides is 2. The van der Waals surface area contributed by atoms with Gasteiger partial charge in [-0.3, -0.25) is 10.2 Å². The van der Waals surface area contributed by atoms with Crippen molar-refractivity contribution in [1.82, 2.24) is 9.55 Å². The predicted molar refractivity (Wildman–Crippen MR) is 117 cm³/mol. The van der Waals surface area contributed by atoms with Crippen LogP contribution >= 0.6 is 39.1 Å². The Hall–Kier alpha value is -2.09. The topological polar surface area (TPSA) is 50.2 Å². The average molecular weight is 498 g/mol. The molecule has 2 aromatic carbocycles. The van der Waals surface area contributed by atoms with E-state index in [0.717, 1.165) is 11.3 Å². The first-order valence-electron chi connectivity index (χ1n) is 8.87. The van der Waals surface area contributed by atoms with Gasteiger partial charge in [0.05, 0.1) is 16.4 Å². The number of nitrogens with one attached hydrogen (secondary N) is 1. The molecule has 1 N–H and O–H groups in total. The monoisotopic (exact) mass is 496 g/mol. The Bertz CT molecular complexity index is 1100. The smallest absolute Gasteiger partial charge is 0.316 e. The summed E-state index contributed by atoms with van der Waals surface area (Å²) < 4.78 is 17.5. The summed E-state index contributed by atoms with van der Waals surface area (Å²) in [4.78, 5) is 18.9. The second kappa shape index (κ2) is 7.63. The van der Waals surface area contributed by atoms with Crippen LogP contribution in [0, 0.1) is 5.82 Å². The molecule has 0 radical (unpaired) electrons. The highest BCUT2D eigenvalue weighted by Gasteiger charge is 2.40. The van der Waals surface area contributed by atoms with Gasteiger partial charge in [0.2, 0.25) is 0 Å². The van der Waals surface area contributed by atoms with Gasteiger partial charge < -0.3 is 4.57 Å². The van der Waals surface area contributed by atoms with Crippen molar-refractivity contribution in [3.8, 4) is 0 Å². The van der Waals surface area contributed by atoms with Gasteiger partial charge in [0.25, 0.3) is 0 Å². The van der Waals surface area contributed by atoms with Crippen molar-refractivity contribution in [2.75, 3.05) is 10.2 Å². The molecule has 29 heavy (non-hydrogen) atoms. The van der Waals surface area contributed by atoms with Crippen LogP contribution in [0.3, 0.4) is 0 Å². The average Bonchev–Trinajstić information content (AvgIpc) is 2.99. The summed E-state index contributed by atoms with van der Waals surface area (Å²) in [6.45, 7) is 4.01. The Morgan fingerprint density at radius 3 is 2.52 bits per heavy atom. The molecular weight excluding hydrogens is 482 g/mol. The van der Waals surface area contributed by atoms with E-state index in [1.165, 1.54) is 17.0 Å². The zero-order chi connectivity index (χ0) is 20.9. The van der Waals surface area contributed by atoms with Crippen LogP contribution in [0.5, 0.6) is 0 Å². The molecule has 1 atom stereocenters. The molecule has 1 aliphatic heterocycles. The molecule has 0 saturated carbocycles. The second-order valence-corrected chi connectivity index (χ2v) is 8.46. The molecule has 3 aromatic rings. The van der Waals surface area contributed by atoms with Gasteiger partial charge in [-0.1, -0.05) is 41.4 Å². The summed E-state index contributed by atoms with van der Waals surface area (Å²) in [5.41, 5.74) is 1.57. The molecule has 0 fully saturated rings. The molecule has 1 aromatic heterocycles. The van der Waals surface area contributed by atoms with Crippen LogP contribution in [0.4, 0.5) is 20.7 Å². The minimum atomic E-state index is -0.665. The van der Waals surface area contributed by atoms with Crippen LogP contribution in [0.2, 0.25) is 10.0 Å². The number of carbonyl (C=O) groups is 1. The number of fused-ring (bicyclic) bond motifs is 1. The number of halogens is 4. The number of nitrogens with zero attached hydrogens (tertiary/aromatic N) is 3. The van der Waals surface area contributed by atoms with Crippen molar-refractivity contribution in [3.05, 3.63) is 74.3 Å². The van der Waals surface area contributed by atoms with Gasteiger partial charge in [0.1, 0.15) is 6.04 Å². The first-order valence-corrected chi connectivity index (χ1v) is 10.4. The summed E-state index contributed by atoms with van der Waals surface area (Å²) in [7, 11) is 0. The zero-order valence-electron chi connectivity index (χ0n) is 15.5. The van der Waals surface area contributed by atoms with Gasteiger partial charge in [-0.15, -0.1) is 0 Å². The van der Waals surface area contributed by atoms with E-state index in [1.54, 1.807) is 18.2 Å². The number of imidazole rings is 1. The Balaban J connectivity index is 2.01. The lowest BCUT2D eigenvalue weighted by atomic mass is 9.98. The third kappa shape index (κ3) is 3.41. The molecule has 2 amide bonds. The van der Waals surface area contributed by atoms with Crippen molar-refractivity contribution >= 4 is 56.7 Å². The summed E-state index contributed by atoms with van der Waals surface area (Å²) in [6, 6.07) is 10.6. The van der Waals surface area contributed by atoms with E-state index in [2.05, 4.69) is 26.2 Å². The quantitative estimate of drug-likeness (QED) is 0.431. The van der Waals surface area contributed by atoms with E-state index in [4.69, 9.17) is 23.2 Å². The number of anilines is 2. The highest BCUT2D eigenvalue weighted by molar-refractivity contribution is 9.10. The van der Waals surface area contributed by atoms with E-state index in [9.17, 15) is 9.18 Å². The Kier molecular flexibility index (Phi) is 5.31. The normalized spacial score (nSPS) is 16.2. The summed E-state index contributed by atoms with van der Waals surface area (Å²) in [5, 5.41) is 3.27. The van der Waals surface area contributed by atoms with E-state index in [-0.39, 0.29) is 16.8 Å². The fraction of sp³-hybridized carbons (Fsp3) is 0.200. The Labute approximate surface area is 185 Å². The van der Waals surface area contributed by atoms with Crippen molar-refractivity contribution in [3.63, 3.8) is 0 Å². The number of carbonyl (C=O) groups excluding carboxylic acids is 1. The second-order valence-electron chi connectivity index (χ2n) is 6.91. The molecule has 0 spiro atoms. The third-order valence-corrected chi connectivity index (χ3v) is 5.86. The standard InChI is InChI=1S/C20H16BrCl2FN4O/c1-10(2)27-17-16(11-6-8-12(22)9-7-11)28(14-5-3-4-13(23)15(14)24)20(29)26-18(17)25-19(27)21/h3-10,16H,1-2H3,(H,26,29).